The molecule has 0 bridgehead atoms. The van der Waals surface area contributed by atoms with Crippen molar-refractivity contribution >= 4 is 29.1 Å². The third kappa shape index (κ3) is 5.59. The number of aromatic nitrogens is 4. The first kappa shape index (κ1) is 21.8. The lowest BCUT2D eigenvalue weighted by atomic mass is 10.2. The lowest BCUT2D eigenvalue weighted by Gasteiger charge is -2.19. The molecule has 1 amide bonds. The number of amides is 1. The van der Waals surface area contributed by atoms with Crippen molar-refractivity contribution in [2.45, 2.75) is 39.9 Å². The van der Waals surface area contributed by atoms with Crippen LogP contribution in [0.4, 0.5) is 10.7 Å². The van der Waals surface area contributed by atoms with Crippen molar-refractivity contribution in [1.29, 1.82) is 0 Å². The molecule has 11 nitrogen and oxygen atoms in total. The molecule has 0 spiro atoms. The topological polar surface area (TPSA) is 124 Å². The van der Waals surface area contributed by atoms with Crippen LogP contribution in [0.15, 0.2) is 47.0 Å². The van der Waals surface area contributed by atoms with Gasteiger partial charge in [-0.1, -0.05) is 40.7 Å². The second kappa shape index (κ2) is 8.86. The molecule has 0 unspecified atom stereocenters. The predicted molar refractivity (Wildman–Crippen MR) is 111 cm³/mol. The van der Waals surface area contributed by atoms with Crippen molar-refractivity contribution in [3.63, 3.8) is 0 Å². The molecule has 0 N–H and O–H groups in total. The standard InChI is InChI=1S/C20H23N7O4/c1-13(28)26(5)25-24-18-22-16-15(21-12-27(16)19(29)31-20(2,3)4)17(23-18)30-11-14-9-7-6-8-10-14/h6-10,12H,11H2,1-5H3/b25-24+. The van der Waals surface area contributed by atoms with Gasteiger partial charge >= 0.3 is 6.09 Å². The minimum absolute atomic E-state index is 0.103. The van der Waals surface area contributed by atoms with Gasteiger partial charge in [0.15, 0.2) is 11.2 Å². The van der Waals surface area contributed by atoms with Crippen LogP contribution < -0.4 is 4.74 Å². The lowest BCUT2D eigenvalue weighted by Crippen LogP contribution is -2.26. The van der Waals surface area contributed by atoms with Crippen molar-refractivity contribution in [3.05, 3.63) is 42.2 Å². The molecular weight excluding hydrogens is 402 g/mol. The smallest absolute Gasteiger partial charge is 0.421 e. The summed E-state index contributed by atoms with van der Waals surface area (Å²) in [6.45, 7) is 6.82. The minimum Gasteiger partial charge on any atom is -0.471 e. The molecule has 0 radical (unpaired) electrons. The van der Waals surface area contributed by atoms with Crippen molar-refractivity contribution in [2.75, 3.05) is 7.05 Å². The number of carbonyl (C=O) groups excluding carboxylic acids is 2. The Morgan fingerprint density at radius 3 is 2.52 bits per heavy atom. The second-order valence-electron chi connectivity index (χ2n) is 7.60. The van der Waals surface area contributed by atoms with Crippen LogP contribution in [0.2, 0.25) is 0 Å². The van der Waals surface area contributed by atoms with Gasteiger partial charge in [0, 0.05) is 14.0 Å². The number of ether oxygens (including phenoxy) is 2. The summed E-state index contributed by atoms with van der Waals surface area (Å²) in [5, 5.41) is 8.67. The molecule has 0 saturated carbocycles. The summed E-state index contributed by atoms with van der Waals surface area (Å²) in [7, 11) is 1.45. The maximum absolute atomic E-state index is 12.6. The monoisotopic (exact) mass is 425 g/mol. The molecular formula is C20H23N7O4. The van der Waals surface area contributed by atoms with Gasteiger partial charge < -0.3 is 9.47 Å². The van der Waals surface area contributed by atoms with Crippen LogP contribution in [0.5, 0.6) is 5.88 Å². The van der Waals surface area contributed by atoms with E-state index >= 15 is 0 Å². The third-order valence-corrected chi connectivity index (χ3v) is 3.88. The number of fused-ring (bicyclic) bond motifs is 1. The van der Waals surface area contributed by atoms with Gasteiger partial charge in [0.1, 0.15) is 18.5 Å². The number of hydrogen-bond acceptors (Lipinski definition) is 9. The average Bonchev–Trinajstić information content (AvgIpc) is 3.14. The van der Waals surface area contributed by atoms with Gasteiger partial charge in [-0.25, -0.2) is 19.4 Å². The Kier molecular flexibility index (Phi) is 6.23. The number of carbonyl (C=O) groups is 2. The van der Waals surface area contributed by atoms with Crippen molar-refractivity contribution in [1.82, 2.24) is 24.5 Å². The molecule has 0 fully saturated rings. The van der Waals surface area contributed by atoms with E-state index in [4.69, 9.17) is 9.47 Å². The minimum atomic E-state index is -0.708. The zero-order valence-electron chi connectivity index (χ0n) is 17.9. The summed E-state index contributed by atoms with van der Waals surface area (Å²) in [6.07, 6.45) is 0.622. The quantitative estimate of drug-likeness (QED) is 0.451. The Bertz CT molecular complexity index is 1120. The molecule has 162 valence electrons. The molecule has 0 atom stereocenters. The van der Waals surface area contributed by atoms with Gasteiger partial charge in [0.2, 0.25) is 11.8 Å². The normalized spacial score (nSPS) is 11.6. The number of hydrogen-bond donors (Lipinski definition) is 0. The van der Waals surface area contributed by atoms with Crippen molar-refractivity contribution < 1.29 is 19.1 Å². The fourth-order valence-electron chi connectivity index (χ4n) is 2.35. The molecule has 0 aliphatic heterocycles. The van der Waals surface area contributed by atoms with Crippen LogP contribution in [-0.2, 0) is 16.1 Å². The zero-order chi connectivity index (χ0) is 22.6. The summed E-state index contributed by atoms with van der Waals surface area (Å²) in [5.41, 5.74) is 0.618. The van der Waals surface area contributed by atoms with Crippen molar-refractivity contribution in [2.24, 2.45) is 10.3 Å². The Hall–Kier alpha value is -3.89. The van der Waals surface area contributed by atoms with E-state index in [2.05, 4.69) is 25.3 Å². The molecule has 31 heavy (non-hydrogen) atoms. The zero-order valence-corrected chi connectivity index (χ0v) is 17.9. The number of imidazole rings is 1. The third-order valence-electron chi connectivity index (χ3n) is 3.88. The van der Waals surface area contributed by atoms with Gasteiger partial charge in [-0.2, -0.15) is 9.97 Å². The Balaban J connectivity index is 2.01. The van der Waals surface area contributed by atoms with Gasteiger partial charge in [0.25, 0.3) is 5.95 Å². The maximum Gasteiger partial charge on any atom is 0.421 e. The molecule has 2 heterocycles. The average molecular weight is 425 g/mol. The number of nitrogens with zero attached hydrogens (tertiary/aromatic N) is 7. The highest BCUT2D eigenvalue weighted by Crippen LogP contribution is 2.26. The maximum atomic E-state index is 12.6. The van der Waals surface area contributed by atoms with Crippen LogP contribution in [0, 0.1) is 0 Å². The van der Waals surface area contributed by atoms with Crippen LogP contribution in [-0.4, -0.2) is 49.2 Å². The summed E-state index contributed by atoms with van der Waals surface area (Å²) in [5.74, 6) is -0.297. The Morgan fingerprint density at radius 1 is 1.16 bits per heavy atom. The predicted octanol–water partition coefficient (Wildman–Crippen LogP) is 3.67. The molecule has 0 saturated heterocycles. The van der Waals surface area contributed by atoms with Crippen LogP contribution in [0.25, 0.3) is 11.2 Å². The van der Waals surface area contributed by atoms with E-state index < -0.39 is 11.7 Å². The van der Waals surface area contributed by atoms with Gasteiger partial charge in [-0.3, -0.25) is 4.79 Å². The SMILES string of the molecule is CC(=O)N(C)/N=N/c1nc(OCc2ccccc2)c2ncn(C(=O)OC(C)(C)C)c2n1. The van der Waals surface area contributed by atoms with Gasteiger partial charge in [-0.15, -0.1) is 0 Å². The highest BCUT2D eigenvalue weighted by Gasteiger charge is 2.23. The van der Waals surface area contributed by atoms with E-state index in [1.165, 1.54) is 20.3 Å². The lowest BCUT2D eigenvalue weighted by molar-refractivity contribution is -0.127. The van der Waals surface area contributed by atoms with E-state index in [-0.39, 0.29) is 35.5 Å². The summed E-state index contributed by atoms with van der Waals surface area (Å²) < 4.78 is 12.4. The first-order valence-electron chi connectivity index (χ1n) is 9.45. The van der Waals surface area contributed by atoms with E-state index in [1.807, 2.05) is 30.3 Å². The fourth-order valence-corrected chi connectivity index (χ4v) is 2.35. The molecule has 11 heteroatoms. The molecule has 3 rings (SSSR count). The first-order valence-corrected chi connectivity index (χ1v) is 9.45. The van der Waals surface area contributed by atoms with Crippen molar-refractivity contribution in [3.8, 4) is 5.88 Å². The highest BCUT2D eigenvalue weighted by atomic mass is 16.6. The van der Waals surface area contributed by atoms with Crippen LogP contribution >= 0.6 is 0 Å². The second-order valence-corrected chi connectivity index (χ2v) is 7.60. The van der Waals surface area contributed by atoms with Crippen LogP contribution in [0.1, 0.15) is 33.3 Å². The van der Waals surface area contributed by atoms with Crippen LogP contribution in [0.3, 0.4) is 0 Å². The van der Waals surface area contributed by atoms with E-state index in [9.17, 15) is 9.59 Å². The Morgan fingerprint density at radius 2 is 1.87 bits per heavy atom. The largest absolute Gasteiger partial charge is 0.471 e. The highest BCUT2D eigenvalue weighted by molar-refractivity contribution is 5.87. The molecule has 2 aromatic heterocycles. The molecule has 1 aromatic carbocycles. The van der Waals surface area contributed by atoms with Gasteiger partial charge in [0.05, 0.1) is 0 Å². The fraction of sp³-hybridized carbons (Fsp3) is 0.350. The number of benzene rings is 1. The number of rotatable bonds is 5. The molecule has 0 aliphatic rings. The van der Waals surface area contributed by atoms with Gasteiger partial charge in [-0.05, 0) is 26.3 Å². The summed E-state index contributed by atoms with van der Waals surface area (Å²) >= 11 is 0. The van der Waals surface area contributed by atoms with E-state index in [0.29, 0.717) is 0 Å². The Labute approximate surface area is 178 Å². The van der Waals surface area contributed by atoms with E-state index in [0.717, 1.165) is 15.1 Å². The molecule has 0 aliphatic carbocycles. The summed E-state index contributed by atoms with van der Waals surface area (Å²) in [6, 6.07) is 9.49. The summed E-state index contributed by atoms with van der Waals surface area (Å²) in [4.78, 5) is 36.7. The first-order chi connectivity index (χ1) is 14.6. The molecule has 3 aromatic rings. The van der Waals surface area contributed by atoms with E-state index in [1.54, 1.807) is 20.8 Å².